The van der Waals surface area contributed by atoms with Gasteiger partial charge >= 0.3 is 0 Å². The van der Waals surface area contributed by atoms with Crippen LogP contribution in [0.15, 0.2) is 34.9 Å². The zero-order chi connectivity index (χ0) is 17.5. The van der Waals surface area contributed by atoms with E-state index in [1.165, 1.54) is 23.2 Å². The number of rotatable bonds is 4. The van der Waals surface area contributed by atoms with Gasteiger partial charge in [-0.25, -0.2) is 9.38 Å². The number of ether oxygens (including phenoxy) is 1. The second-order valence-electron chi connectivity index (χ2n) is 5.55. The highest BCUT2D eigenvalue weighted by molar-refractivity contribution is 7.10. The number of alkyl halides is 1. The van der Waals surface area contributed by atoms with Crippen molar-refractivity contribution < 1.29 is 13.9 Å². The minimum atomic E-state index is -1.42. The first-order valence-corrected chi connectivity index (χ1v) is 8.18. The molecule has 1 aromatic heterocycles. The van der Waals surface area contributed by atoms with E-state index in [4.69, 9.17) is 10.5 Å². The molecule has 0 saturated carbocycles. The van der Waals surface area contributed by atoms with Crippen molar-refractivity contribution in [2.24, 2.45) is 10.7 Å². The van der Waals surface area contributed by atoms with Crippen molar-refractivity contribution in [3.63, 3.8) is 0 Å². The molecule has 6 nitrogen and oxygen atoms in total. The van der Waals surface area contributed by atoms with Crippen LogP contribution in [0.2, 0.25) is 0 Å². The summed E-state index contributed by atoms with van der Waals surface area (Å²) in [6, 6.07) is 5.12. The number of aromatic nitrogens is 1. The van der Waals surface area contributed by atoms with Gasteiger partial charge in [0.05, 0.1) is 10.4 Å². The van der Waals surface area contributed by atoms with Crippen LogP contribution < -0.4 is 10.5 Å². The minimum absolute atomic E-state index is 0.142. The molecule has 126 valence electrons. The first-order chi connectivity index (χ1) is 11.4. The Bertz CT molecular complexity index is 806. The number of guanidine groups is 1. The van der Waals surface area contributed by atoms with E-state index in [2.05, 4.69) is 9.98 Å². The summed E-state index contributed by atoms with van der Waals surface area (Å²) in [5.74, 6) is 0.309. The fraction of sp³-hybridized carbons (Fsp3) is 0.312. The Morgan fingerprint density at radius 2 is 2.21 bits per heavy atom. The largest absolute Gasteiger partial charge is 0.460 e. The number of likely N-dealkylation sites (N-methyl/N-ethyl adjacent to an activating group) is 1. The Morgan fingerprint density at radius 1 is 1.46 bits per heavy atom. The average molecular weight is 348 g/mol. The summed E-state index contributed by atoms with van der Waals surface area (Å²) in [7, 11) is 1.58. The number of carbonyl (C=O) groups excluding carboxylic acids is 1. The van der Waals surface area contributed by atoms with Crippen LogP contribution in [0.5, 0.6) is 5.75 Å². The third-order valence-corrected chi connectivity index (χ3v) is 4.79. The van der Waals surface area contributed by atoms with Crippen LogP contribution in [0.25, 0.3) is 0 Å². The fourth-order valence-corrected chi connectivity index (χ4v) is 3.49. The number of halogens is 1. The van der Waals surface area contributed by atoms with Gasteiger partial charge in [0.15, 0.2) is 5.96 Å². The van der Waals surface area contributed by atoms with E-state index >= 15 is 0 Å². The number of hydrogen-bond donors (Lipinski definition) is 1. The molecule has 0 spiro atoms. The van der Waals surface area contributed by atoms with E-state index < -0.39 is 11.9 Å². The van der Waals surface area contributed by atoms with E-state index in [0.717, 1.165) is 0 Å². The molecule has 0 saturated heterocycles. The van der Waals surface area contributed by atoms with Crippen LogP contribution in [0.3, 0.4) is 0 Å². The van der Waals surface area contributed by atoms with E-state index in [9.17, 15) is 9.18 Å². The highest BCUT2D eigenvalue weighted by Gasteiger charge is 2.50. The van der Waals surface area contributed by atoms with Crippen LogP contribution in [0.4, 0.5) is 4.39 Å². The predicted octanol–water partition coefficient (Wildman–Crippen LogP) is 2.18. The maximum atomic E-state index is 13.1. The molecule has 0 fully saturated rings. The number of nitrogens with zero attached hydrogens (tertiary/aromatic N) is 3. The molecule has 1 aromatic carbocycles. The second kappa shape index (κ2) is 5.86. The van der Waals surface area contributed by atoms with Gasteiger partial charge < -0.3 is 10.5 Å². The Morgan fingerprint density at radius 3 is 2.71 bits per heavy atom. The Kier molecular flexibility index (Phi) is 4.00. The van der Waals surface area contributed by atoms with Gasteiger partial charge in [0, 0.05) is 20.2 Å². The second-order valence-corrected chi connectivity index (χ2v) is 6.44. The molecule has 8 heteroatoms. The Hall–Kier alpha value is -2.48. The van der Waals surface area contributed by atoms with Gasteiger partial charge in [-0.3, -0.25) is 14.7 Å². The summed E-state index contributed by atoms with van der Waals surface area (Å²) in [4.78, 5) is 23.4. The van der Waals surface area contributed by atoms with E-state index in [1.54, 1.807) is 43.9 Å². The molecule has 0 radical (unpaired) electrons. The van der Waals surface area contributed by atoms with Gasteiger partial charge in [-0.2, -0.15) is 0 Å². The van der Waals surface area contributed by atoms with Crippen LogP contribution in [0, 0.1) is 6.92 Å². The van der Waals surface area contributed by atoms with Crippen molar-refractivity contribution in [1.82, 2.24) is 9.88 Å². The van der Waals surface area contributed by atoms with Crippen LogP contribution in [-0.4, -0.2) is 35.2 Å². The fourth-order valence-electron chi connectivity index (χ4n) is 2.71. The lowest BCUT2D eigenvalue weighted by Gasteiger charge is -2.24. The van der Waals surface area contributed by atoms with E-state index in [0.29, 0.717) is 21.8 Å². The van der Waals surface area contributed by atoms with Gasteiger partial charge in [0.2, 0.25) is 11.9 Å². The zero-order valence-corrected chi connectivity index (χ0v) is 14.3. The molecular weight excluding hydrogens is 331 g/mol. The molecule has 1 amide bonds. The quantitative estimate of drug-likeness (QED) is 0.918. The third kappa shape index (κ3) is 2.43. The SMILES string of the molecule is Cc1cc(C2(c3cncs3)N=C(N)N(C)C2=O)ccc1OC(C)F. The number of hydrogen-bond acceptors (Lipinski definition) is 6. The van der Waals surface area contributed by atoms with Gasteiger partial charge in [0.25, 0.3) is 5.91 Å². The molecular formula is C16H17FN4O2S. The first-order valence-electron chi connectivity index (χ1n) is 7.30. The van der Waals surface area contributed by atoms with Crippen LogP contribution in [-0.2, 0) is 10.3 Å². The lowest BCUT2D eigenvalue weighted by Crippen LogP contribution is -2.40. The standard InChI is InChI=1S/C16H17FN4O2S/c1-9-6-11(4-5-12(9)23-10(2)17)16(13-7-19-8-24-13)14(22)21(3)15(18)20-16/h4-8,10H,1-3H3,(H2,18,20). The van der Waals surface area contributed by atoms with Gasteiger partial charge in [-0.15, -0.1) is 11.3 Å². The number of amides is 1. The lowest BCUT2D eigenvalue weighted by atomic mass is 9.87. The van der Waals surface area contributed by atoms with Gasteiger partial charge in [-0.05, 0) is 30.2 Å². The predicted molar refractivity (Wildman–Crippen MR) is 89.7 cm³/mol. The van der Waals surface area contributed by atoms with E-state index in [-0.39, 0.29) is 11.9 Å². The third-order valence-electron chi connectivity index (χ3n) is 3.91. The zero-order valence-electron chi connectivity index (χ0n) is 13.5. The summed E-state index contributed by atoms with van der Waals surface area (Å²) in [5, 5.41) is 0. The molecule has 2 heterocycles. The molecule has 1 aliphatic rings. The van der Waals surface area contributed by atoms with Crippen LogP contribution >= 0.6 is 11.3 Å². The van der Waals surface area contributed by atoms with E-state index in [1.807, 2.05) is 0 Å². The monoisotopic (exact) mass is 348 g/mol. The maximum absolute atomic E-state index is 13.1. The van der Waals surface area contributed by atoms with Crippen molar-refractivity contribution in [1.29, 1.82) is 0 Å². The Balaban J connectivity index is 2.16. The van der Waals surface area contributed by atoms with Crippen molar-refractivity contribution in [2.75, 3.05) is 7.05 Å². The first kappa shape index (κ1) is 16.4. The van der Waals surface area contributed by atoms with Crippen molar-refractivity contribution in [2.45, 2.75) is 25.7 Å². The number of thiazole rings is 1. The van der Waals surface area contributed by atoms with Gasteiger partial charge in [0.1, 0.15) is 5.75 Å². The molecule has 1 aliphatic heterocycles. The molecule has 0 aliphatic carbocycles. The van der Waals surface area contributed by atoms with Gasteiger partial charge in [-0.1, -0.05) is 6.07 Å². The molecule has 2 N–H and O–H groups in total. The average Bonchev–Trinajstić information content (AvgIpc) is 3.13. The maximum Gasteiger partial charge on any atom is 0.267 e. The van der Waals surface area contributed by atoms with Crippen molar-refractivity contribution in [3.05, 3.63) is 45.9 Å². The number of aryl methyl sites for hydroxylation is 1. The van der Waals surface area contributed by atoms with Crippen molar-refractivity contribution >= 4 is 23.2 Å². The number of carbonyl (C=O) groups is 1. The lowest BCUT2D eigenvalue weighted by molar-refractivity contribution is -0.129. The molecule has 24 heavy (non-hydrogen) atoms. The summed E-state index contributed by atoms with van der Waals surface area (Å²) in [5.41, 5.74) is 7.61. The normalized spacial score (nSPS) is 21.8. The van der Waals surface area contributed by atoms with Crippen LogP contribution in [0.1, 0.15) is 22.9 Å². The molecule has 2 atom stereocenters. The highest BCUT2D eigenvalue weighted by Crippen LogP contribution is 2.42. The number of nitrogens with two attached hydrogens (primary N) is 1. The highest BCUT2D eigenvalue weighted by atomic mass is 32.1. The van der Waals surface area contributed by atoms with Crippen molar-refractivity contribution in [3.8, 4) is 5.75 Å². The smallest absolute Gasteiger partial charge is 0.267 e. The molecule has 2 aromatic rings. The minimum Gasteiger partial charge on any atom is -0.460 e. The topological polar surface area (TPSA) is 80.8 Å². The number of aliphatic imine (C=N–C) groups is 1. The summed E-state index contributed by atoms with van der Waals surface area (Å²) in [6.45, 7) is 3.10. The summed E-state index contributed by atoms with van der Waals surface area (Å²) >= 11 is 1.33. The molecule has 0 bridgehead atoms. The molecule has 3 rings (SSSR count). The summed E-state index contributed by atoms with van der Waals surface area (Å²) in [6.07, 6.45) is 0.194. The Labute approximate surface area is 142 Å². The molecule has 2 unspecified atom stereocenters. The number of benzene rings is 1. The summed E-state index contributed by atoms with van der Waals surface area (Å²) < 4.78 is 18.2.